The maximum Gasteiger partial charge on any atom is 0.474 e. The van der Waals surface area contributed by atoms with Crippen LogP contribution in [0.15, 0.2) is 0 Å². The van der Waals surface area contributed by atoms with E-state index in [0.717, 1.165) is 0 Å². The fraction of sp³-hybridized carbons (Fsp3) is 1.00. The van der Waals surface area contributed by atoms with Gasteiger partial charge in [0.2, 0.25) is 0 Å². The molecule has 1 saturated heterocycles. The second kappa shape index (κ2) is 5.05. The summed E-state index contributed by atoms with van der Waals surface area (Å²) in [5, 5.41) is 17.3. The molecule has 13 heavy (non-hydrogen) atoms. The van der Waals surface area contributed by atoms with E-state index in [-0.39, 0.29) is 33.0 Å². The molecular weight excluding hydrogens is 199 g/mol. The lowest BCUT2D eigenvalue weighted by atomic mass is 10.2. The average Bonchev–Trinajstić information content (AvgIpc) is 2.55. The predicted octanol–water partition coefficient (Wildman–Crippen LogP) is -0.241. The number of phosphoric ester groups is 1. The molecule has 1 aliphatic rings. The SMILES string of the molecule is O=P1(OCC(CO)CO)OCCO1. The second-order valence-corrected chi connectivity index (χ2v) is 4.31. The molecule has 1 heterocycles. The molecule has 0 spiro atoms. The molecule has 1 aliphatic heterocycles. The molecule has 0 saturated carbocycles. The first-order chi connectivity index (χ1) is 6.20. The van der Waals surface area contributed by atoms with Crippen molar-refractivity contribution in [3.63, 3.8) is 0 Å². The molecule has 0 aromatic rings. The fourth-order valence-electron chi connectivity index (χ4n) is 0.770. The van der Waals surface area contributed by atoms with Crippen LogP contribution in [0.3, 0.4) is 0 Å². The summed E-state index contributed by atoms with van der Waals surface area (Å²) >= 11 is 0. The zero-order valence-corrected chi connectivity index (χ0v) is 7.98. The summed E-state index contributed by atoms with van der Waals surface area (Å²) in [6.07, 6.45) is 0. The summed E-state index contributed by atoms with van der Waals surface area (Å²) in [6.45, 7) is 0.0116. The highest BCUT2D eigenvalue weighted by Gasteiger charge is 2.32. The zero-order valence-electron chi connectivity index (χ0n) is 7.09. The fourth-order valence-corrected chi connectivity index (χ4v) is 1.98. The Morgan fingerprint density at radius 3 is 2.31 bits per heavy atom. The molecule has 1 fully saturated rings. The molecule has 0 aliphatic carbocycles. The third-order valence-corrected chi connectivity index (χ3v) is 3.03. The van der Waals surface area contributed by atoms with Gasteiger partial charge in [0.25, 0.3) is 0 Å². The lowest BCUT2D eigenvalue weighted by Gasteiger charge is -2.13. The van der Waals surface area contributed by atoms with E-state index < -0.39 is 13.7 Å². The van der Waals surface area contributed by atoms with Crippen LogP contribution in [0.4, 0.5) is 0 Å². The van der Waals surface area contributed by atoms with Gasteiger partial charge in [-0.15, -0.1) is 0 Å². The van der Waals surface area contributed by atoms with Gasteiger partial charge in [-0.3, -0.25) is 13.6 Å². The van der Waals surface area contributed by atoms with Crippen LogP contribution in [0.1, 0.15) is 0 Å². The lowest BCUT2D eigenvalue weighted by molar-refractivity contribution is 0.0880. The molecule has 0 aromatic heterocycles. The minimum atomic E-state index is -3.37. The van der Waals surface area contributed by atoms with Crippen LogP contribution in [-0.4, -0.2) is 43.2 Å². The number of aliphatic hydroxyl groups is 2. The summed E-state index contributed by atoms with van der Waals surface area (Å²) in [6, 6.07) is 0. The highest BCUT2D eigenvalue weighted by molar-refractivity contribution is 7.48. The van der Waals surface area contributed by atoms with Crippen molar-refractivity contribution < 1.29 is 28.3 Å². The molecule has 6 nitrogen and oxygen atoms in total. The van der Waals surface area contributed by atoms with E-state index in [4.69, 9.17) is 23.8 Å². The van der Waals surface area contributed by atoms with E-state index in [9.17, 15) is 4.57 Å². The number of rotatable bonds is 5. The van der Waals surface area contributed by atoms with Gasteiger partial charge >= 0.3 is 7.82 Å². The maximum absolute atomic E-state index is 11.3. The molecule has 0 radical (unpaired) electrons. The Kier molecular flexibility index (Phi) is 4.31. The summed E-state index contributed by atoms with van der Waals surface area (Å²) < 4.78 is 25.6. The van der Waals surface area contributed by atoms with Crippen LogP contribution in [0, 0.1) is 5.92 Å². The van der Waals surface area contributed by atoms with Crippen molar-refractivity contribution in [2.45, 2.75) is 0 Å². The van der Waals surface area contributed by atoms with Gasteiger partial charge < -0.3 is 10.2 Å². The second-order valence-electron chi connectivity index (χ2n) is 2.64. The summed E-state index contributed by atoms with van der Waals surface area (Å²) in [5.41, 5.74) is 0. The van der Waals surface area contributed by atoms with Gasteiger partial charge in [-0.25, -0.2) is 4.57 Å². The average molecular weight is 212 g/mol. The van der Waals surface area contributed by atoms with E-state index in [0.29, 0.717) is 0 Å². The minimum absolute atomic E-state index is 0.0374. The van der Waals surface area contributed by atoms with Crippen molar-refractivity contribution in [1.82, 2.24) is 0 Å². The smallest absolute Gasteiger partial charge is 0.396 e. The minimum Gasteiger partial charge on any atom is -0.396 e. The molecule has 0 bridgehead atoms. The third kappa shape index (κ3) is 3.34. The van der Waals surface area contributed by atoms with Crippen LogP contribution in [0.5, 0.6) is 0 Å². The van der Waals surface area contributed by atoms with Crippen molar-refractivity contribution in [2.24, 2.45) is 5.92 Å². The van der Waals surface area contributed by atoms with Gasteiger partial charge in [0.05, 0.1) is 33.0 Å². The van der Waals surface area contributed by atoms with Gasteiger partial charge in [-0.1, -0.05) is 0 Å². The standard InChI is InChI=1S/C6H13O6P/c7-3-6(4-8)5-12-13(9)10-1-2-11-13/h6-8H,1-5H2. The first-order valence-electron chi connectivity index (χ1n) is 3.95. The first kappa shape index (κ1) is 11.1. The van der Waals surface area contributed by atoms with Crippen LogP contribution in [-0.2, 0) is 18.1 Å². The van der Waals surface area contributed by atoms with Crippen molar-refractivity contribution in [3.05, 3.63) is 0 Å². The van der Waals surface area contributed by atoms with E-state index in [2.05, 4.69) is 0 Å². The molecule has 0 amide bonds. The molecular formula is C6H13O6P. The first-order valence-corrected chi connectivity index (χ1v) is 5.41. The topological polar surface area (TPSA) is 85.2 Å². The Balaban J connectivity index is 2.28. The van der Waals surface area contributed by atoms with Gasteiger partial charge in [-0.05, 0) is 0 Å². The van der Waals surface area contributed by atoms with Gasteiger partial charge in [-0.2, -0.15) is 0 Å². The number of hydrogen-bond donors (Lipinski definition) is 2. The Hall–Kier alpha value is 0.0300. The van der Waals surface area contributed by atoms with Crippen molar-refractivity contribution >= 4 is 7.82 Å². The molecule has 0 unspecified atom stereocenters. The zero-order chi connectivity index (χ0) is 9.73. The Morgan fingerprint density at radius 1 is 1.31 bits per heavy atom. The maximum atomic E-state index is 11.3. The highest BCUT2D eigenvalue weighted by atomic mass is 31.2. The largest absolute Gasteiger partial charge is 0.474 e. The molecule has 2 N–H and O–H groups in total. The molecule has 1 rings (SSSR count). The lowest BCUT2D eigenvalue weighted by Crippen LogP contribution is -2.17. The number of phosphoric acid groups is 1. The molecule has 78 valence electrons. The van der Waals surface area contributed by atoms with Crippen LogP contribution >= 0.6 is 7.82 Å². The van der Waals surface area contributed by atoms with E-state index in [1.807, 2.05) is 0 Å². The van der Waals surface area contributed by atoms with Crippen LogP contribution in [0.25, 0.3) is 0 Å². The van der Waals surface area contributed by atoms with Crippen LogP contribution < -0.4 is 0 Å². The van der Waals surface area contributed by atoms with E-state index in [1.165, 1.54) is 0 Å². The normalized spacial score (nSPS) is 21.2. The summed E-state index contributed by atoms with van der Waals surface area (Å²) in [4.78, 5) is 0. The third-order valence-electron chi connectivity index (χ3n) is 1.57. The van der Waals surface area contributed by atoms with Crippen molar-refractivity contribution in [3.8, 4) is 0 Å². The quantitative estimate of drug-likeness (QED) is 0.611. The molecule has 7 heteroatoms. The number of hydrogen-bond acceptors (Lipinski definition) is 6. The summed E-state index contributed by atoms with van der Waals surface area (Å²) in [5.74, 6) is -0.446. The molecule has 0 aromatic carbocycles. The van der Waals surface area contributed by atoms with E-state index >= 15 is 0 Å². The Labute approximate surface area is 76.0 Å². The van der Waals surface area contributed by atoms with Gasteiger partial charge in [0.15, 0.2) is 0 Å². The number of aliphatic hydroxyl groups excluding tert-OH is 2. The molecule has 0 atom stereocenters. The Bertz CT molecular complexity index is 182. The van der Waals surface area contributed by atoms with Crippen LogP contribution in [0.2, 0.25) is 0 Å². The van der Waals surface area contributed by atoms with E-state index in [1.54, 1.807) is 0 Å². The predicted molar refractivity (Wildman–Crippen MR) is 43.1 cm³/mol. The highest BCUT2D eigenvalue weighted by Crippen LogP contribution is 2.52. The monoisotopic (exact) mass is 212 g/mol. The van der Waals surface area contributed by atoms with Crippen molar-refractivity contribution in [2.75, 3.05) is 33.0 Å². The van der Waals surface area contributed by atoms with Gasteiger partial charge in [0, 0.05) is 5.92 Å². The Morgan fingerprint density at radius 2 is 1.85 bits per heavy atom. The van der Waals surface area contributed by atoms with Crippen molar-refractivity contribution in [1.29, 1.82) is 0 Å². The summed E-state index contributed by atoms with van der Waals surface area (Å²) in [7, 11) is -3.37. The van der Waals surface area contributed by atoms with Gasteiger partial charge in [0.1, 0.15) is 0 Å².